The van der Waals surface area contributed by atoms with Crippen molar-refractivity contribution in [1.29, 1.82) is 0 Å². The molecule has 0 bridgehead atoms. The monoisotopic (exact) mass is 560 g/mol. The highest BCUT2D eigenvalue weighted by atomic mass is 79.9. The number of rotatable bonds is 11. The predicted molar refractivity (Wildman–Crippen MR) is 136 cm³/mol. The summed E-state index contributed by atoms with van der Waals surface area (Å²) in [5.74, 6) is 0.387. The molecule has 0 heterocycles. The lowest BCUT2D eigenvalue weighted by Gasteiger charge is -2.38. The Labute approximate surface area is 195 Å². The molecule has 1 aromatic carbocycles. The van der Waals surface area contributed by atoms with Crippen molar-refractivity contribution in [3.05, 3.63) is 27.7 Å². The average molecular weight is 561 g/mol. The molecule has 6 nitrogen and oxygen atoms in total. The van der Waals surface area contributed by atoms with Crippen LogP contribution in [0.3, 0.4) is 0 Å². The quantitative estimate of drug-likeness (QED) is 0.237. The fourth-order valence-electron chi connectivity index (χ4n) is 2.88. The van der Waals surface area contributed by atoms with Gasteiger partial charge in [0.25, 0.3) is 0 Å². The fraction of sp³-hybridized carbons (Fsp3) is 0.684. The summed E-state index contributed by atoms with van der Waals surface area (Å²) in [5.41, 5.74) is 1.37. The predicted octanol–water partition coefficient (Wildman–Crippen LogP) is 6.77. The minimum absolute atomic E-state index is 0.0165. The number of hydrogen-bond acceptors (Lipinski definition) is 6. The first-order valence-corrected chi connectivity index (χ1v) is 15.9. The van der Waals surface area contributed by atoms with Crippen LogP contribution < -0.4 is 4.52 Å². The van der Waals surface area contributed by atoms with E-state index in [4.69, 9.17) is 17.6 Å². The van der Waals surface area contributed by atoms with Crippen LogP contribution in [-0.4, -0.2) is 26.6 Å². The van der Waals surface area contributed by atoms with Gasteiger partial charge in [0.15, 0.2) is 8.32 Å². The number of hydrogen-bond donors (Lipinski definition) is 1. The Hall–Kier alpha value is 0.647. The van der Waals surface area contributed by atoms with Crippen LogP contribution in [0.25, 0.3) is 0 Å². The lowest BCUT2D eigenvalue weighted by molar-refractivity contribution is 0.247. The van der Waals surface area contributed by atoms with E-state index in [2.05, 4.69) is 63.6 Å². The van der Waals surface area contributed by atoms with Gasteiger partial charge in [-0.1, -0.05) is 50.5 Å². The van der Waals surface area contributed by atoms with Crippen LogP contribution in [-0.2, 0) is 29.4 Å². The first-order chi connectivity index (χ1) is 13.6. The standard InChI is InChI=1S/C19H36BrO6P3Si/c1-18(2,3)30(6,7)23-11-9-19(4,5)17-14(8-10-21)12-15(20)13-16(17)24-29(22,25-27)26-28/h12-13,21H,8-11,27-28H2,1-7H3. The van der Waals surface area contributed by atoms with Gasteiger partial charge in [0, 0.05) is 42.2 Å². The molecular formula is C19H36BrO6P3Si. The second kappa shape index (κ2) is 11.2. The first kappa shape index (κ1) is 28.7. The molecule has 0 radical (unpaired) electrons. The van der Waals surface area contributed by atoms with Crippen molar-refractivity contribution in [2.45, 2.75) is 71.0 Å². The first-order valence-electron chi connectivity index (χ1n) is 9.77. The minimum atomic E-state index is -3.81. The van der Waals surface area contributed by atoms with Crippen molar-refractivity contribution in [3.8, 4) is 5.75 Å². The van der Waals surface area contributed by atoms with Gasteiger partial charge in [0.2, 0.25) is 0 Å². The normalized spacial score (nSPS) is 13.6. The van der Waals surface area contributed by atoms with E-state index in [0.29, 0.717) is 18.8 Å². The van der Waals surface area contributed by atoms with E-state index >= 15 is 0 Å². The van der Waals surface area contributed by atoms with E-state index in [0.717, 1.165) is 22.0 Å². The van der Waals surface area contributed by atoms with Crippen LogP contribution >= 0.6 is 42.7 Å². The summed E-state index contributed by atoms with van der Waals surface area (Å²) in [6.07, 6.45) is 1.16. The molecule has 11 heteroatoms. The van der Waals surface area contributed by atoms with Crippen LogP contribution in [0.2, 0.25) is 18.1 Å². The SMILES string of the molecule is CC(C)(CCO[Si](C)(C)C(C)(C)C)c1c(CCO)cc(Br)cc1OP(=O)(OP)OP. The van der Waals surface area contributed by atoms with Gasteiger partial charge >= 0.3 is 7.82 Å². The zero-order valence-corrected chi connectivity index (χ0v) is 24.7. The summed E-state index contributed by atoms with van der Waals surface area (Å²) < 4.78 is 35.3. The Balaban J connectivity index is 3.32. The van der Waals surface area contributed by atoms with Gasteiger partial charge in [-0.3, -0.25) is 8.62 Å². The molecule has 0 fully saturated rings. The number of aliphatic hydroxyl groups is 1. The molecule has 0 saturated heterocycles. The zero-order chi connectivity index (χ0) is 23.4. The molecule has 1 rings (SSSR count). The van der Waals surface area contributed by atoms with Crippen LogP contribution in [0, 0.1) is 0 Å². The molecule has 0 aliphatic heterocycles. The van der Waals surface area contributed by atoms with Gasteiger partial charge in [-0.2, -0.15) is 0 Å². The van der Waals surface area contributed by atoms with Crippen molar-refractivity contribution in [2.24, 2.45) is 0 Å². The summed E-state index contributed by atoms with van der Waals surface area (Å²) in [4.78, 5) is 0. The Morgan fingerprint density at radius 1 is 1.13 bits per heavy atom. The Morgan fingerprint density at radius 3 is 2.17 bits per heavy atom. The summed E-state index contributed by atoms with van der Waals surface area (Å²) >= 11 is 3.47. The number of phosphoric acid groups is 1. The second-order valence-corrected chi connectivity index (χ2v) is 17.9. The topological polar surface area (TPSA) is 74.2 Å². The molecule has 2 unspecified atom stereocenters. The van der Waals surface area contributed by atoms with Gasteiger partial charge in [-0.25, -0.2) is 4.57 Å². The average Bonchev–Trinajstić information content (AvgIpc) is 2.59. The highest BCUT2D eigenvalue weighted by molar-refractivity contribution is 9.10. The van der Waals surface area contributed by atoms with Crippen molar-refractivity contribution in [3.63, 3.8) is 0 Å². The van der Waals surface area contributed by atoms with Crippen LogP contribution in [0.5, 0.6) is 5.75 Å². The third-order valence-electron chi connectivity index (χ3n) is 5.67. The largest absolute Gasteiger partial charge is 0.535 e. The van der Waals surface area contributed by atoms with Gasteiger partial charge in [0.05, 0.1) is 0 Å². The molecule has 2 atom stereocenters. The summed E-state index contributed by atoms with van der Waals surface area (Å²) in [6, 6.07) is 3.69. The fourth-order valence-corrected chi connectivity index (χ4v) is 5.79. The molecule has 0 aliphatic carbocycles. The van der Waals surface area contributed by atoms with E-state index in [9.17, 15) is 9.67 Å². The van der Waals surface area contributed by atoms with E-state index in [1.54, 1.807) is 6.07 Å². The van der Waals surface area contributed by atoms with Crippen molar-refractivity contribution < 1.29 is 27.2 Å². The maximum Gasteiger partial charge on any atom is 0.535 e. The van der Waals surface area contributed by atoms with Gasteiger partial charge in [-0.05, 0) is 54.1 Å². The molecule has 30 heavy (non-hydrogen) atoms. The Kier molecular flexibility index (Phi) is 10.7. The third-order valence-corrected chi connectivity index (χ3v) is 13.2. The zero-order valence-electron chi connectivity index (χ0n) is 19.0. The molecule has 0 amide bonds. The van der Waals surface area contributed by atoms with Gasteiger partial charge in [0.1, 0.15) is 5.75 Å². The van der Waals surface area contributed by atoms with Crippen LogP contribution in [0.15, 0.2) is 16.6 Å². The maximum absolute atomic E-state index is 12.6. The number of aliphatic hydroxyl groups excluding tert-OH is 1. The molecule has 174 valence electrons. The summed E-state index contributed by atoms with van der Waals surface area (Å²) in [6.45, 7) is 15.9. The van der Waals surface area contributed by atoms with Crippen molar-refractivity contribution in [2.75, 3.05) is 13.2 Å². The molecule has 0 spiro atoms. The summed E-state index contributed by atoms with van der Waals surface area (Å²) in [7, 11) is -1.86. The van der Waals surface area contributed by atoms with E-state index in [1.165, 1.54) is 0 Å². The highest BCUT2D eigenvalue weighted by Gasteiger charge is 2.38. The number of benzene rings is 1. The van der Waals surface area contributed by atoms with Gasteiger partial charge < -0.3 is 14.1 Å². The van der Waals surface area contributed by atoms with Crippen molar-refractivity contribution in [1.82, 2.24) is 0 Å². The number of halogens is 1. The lowest BCUT2D eigenvalue weighted by Crippen LogP contribution is -2.41. The minimum Gasteiger partial charge on any atom is -0.417 e. The molecule has 1 N–H and O–H groups in total. The van der Waals surface area contributed by atoms with Crippen LogP contribution in [0.1, 0.15) is 52.2 Å². The van der Waals surface area contributed by atoms with E-state index in [1.807, 2.05) is 25.0 Å². The molecular weight excluding hydrogens is 525 g/mol. The van der Waals surface area contributed by atoms with Crippen LogP contribution in [0.4, 0.5) is 0 Å². The smallest absolute Gasteiger partial charge is 0.417 e. The molecule has 0 saturated carbocycles. The second-order valence-electron chi connectivity index (χ2n) is 9.40. The molecule has 0 aromatic heterocycles. The van der Waals surface area contributed by atoms with E-state index < -0.39 is 16.1 Å². The van der Waals surface area contributed by atoms with E-state index in [-0.39, 0.29) is 17.1 Å². The van der Waals surface area contributed by atoms with Crippen molar-refractivity contribution >= 4 is 51.0 Å². The lowest BCUT2D eigenvalue weighted by atomic mass is 9.78. The highest BCUT2D eigenvalue weighted by Crippen LogP contribution is 2.55. The third kappa shape index (κ3) is 7.61. The Morgan fingerprint density at radius 2 is 1.70 bits per heavy atom. The van der Waals surface area contributed by atoms with Gasteiger partial charge in [-0.15, -0.1) is 0 Å². The molecule has 0 aliphatic rings. The Bertz CT molecular complexity index is 759. The summed E-state index contributed by atoms with van der Waals surface area (Å²) in [5, 5.41) is 9.73. The molecule has 1 aromatic rings. The maximum atomic E-state index is 12.6.